The first kappa shape index (κ1) is 17.6. The van der Waals surface area contributed by atoms with Gasteiger partial charge in [-0.2, -0.15) is 5.10 Å². The fraction of sp³-hybridized carbons (Fsp3) is 0.833. The molecule has 0 spiro atoms. The Balaban J connectivity index is 1.62. The van der Waals surface area contributed by atoms with E-state index in [-0.39, 0.29) is 0 Å². The third-order valence-electron chi connectivity index (χ3n) is 5.75. The molecule has 1 amide bonds. The molecule has 0 radical (unpaired) electrons. The summed E-state index contributed by atoms with van der Waals surface area (Å²) in [5, 5.41) is 7.35. The van der Waals surface area contributed by atoms with Crippen LogP contribution >= 0.6 is 12.2 Å². The molecule has 2 fully saturated rings. The van der Waals surface area contributed by atoms with Crippen molar-refractivity contribution in [2.45, 2.75) is 71.3 Å². The molecule has 0 bridgehead atoms. The lowest BCUT2D eigenvalue weighted by Crippen LogP contribution is -2.40. The average molecular weight is 351 g/mol. The Bertz CT molecular complexity index is 623. The summed E-state index contributed by atoms with van der Waals surface area (Å²) in [5.41, 5.74) is 0. The first-order valence-electron chi connectivity index (χ1n) is 9.51. The Labute approximate surface area is 149 Å². The first-order valence-corrected chi connectivity index (χ1v) is 9.92. The standard InChI is InChI=1S/C18H30N4OS/c1-3-22-17(19-20-18(22)24)15-8-5-9-21(12-15)16(23)11-14-7-4-6-13(2)10-14/h13-15H,3-12H2,1-2H3,(H,20,24)/t13-,14-,15-/m1/s1. The maximum Gasteiger partial charge on any atom is 0.222 e. The first-order chi connectivity index (χ1) is 11.6. The van der Waals surface area contributed by atoms with Crippen molar-refractivity contribution >= 4 is 18.1 Å². The van der Waals surface area contributed by atoms with Crippen molar-refractivity contribution < 1.29 is 4.79 Å². The average Bonchev–Trinajstić information content (AvgIpc) is 2.95. The van der Waals surface area contributed by atoms with Crippen molar-refractivity contribution in [2.75, 3.05) is 13.1 Å². The van der Waals surface area contributed by atoms with E-state index < -0.39 is 0 Å². The summed E-state index contributed by atoms with van der Waals surface area (Å²) < 4.78 is 2.75. The van der Waals surface area contributed by atoms with Gasteiger partial charge in [0.25, 0.3) is 0 Å². The van der Waals surface area contributed by atoms with Gasteiger partial charge in [-0.05, 0) is 56.7 Å². The minimum Gasteiger partial charge on any atom is -0.342 e. The van der Waals surface area contributed by atoms with Gasteiger partial charge in [-0.25, -0.2) is 0 Å². The van der Waals surface area contributed by atoms with E-state index in [1.54, 1.807) is 0 Å². The molecule has 1 aromatic rings. The van der Waals surface area contributed by atoms with Gasteiger partial charge in [0.2, 0.25) is 5.91 Å². The van der Waals surface area contributed by atoms with E-state index in [9.17, 15) is 4.79 Å². The second kappa shape index (κ2) is 7.81. The van der Waals surface area contributed by atoms with Crippen LogP contribution in [0.1, 0.15) is 70.5 Å². The number of aromatic nitrogens is 3. The van der Waals surface area contributed by atoms with Crippen molar-refractivity contribution in [3.8, 4) is 0 Å². The number of rotatable bonds is 4. The van der Waals surface area contributed by atoms with Crippen LogP contribution in [0, 0.1) is 16.6 Å². The molecule has 1 saturated heterocycles. The van der Waals surface area contributed by atoms with Gasteiger partial charge in [-0.15, -0.1) is 0 Å². The van der Waals surface area contributed by atoms with Crippen molar-refractivity contribution in [1.29, 1.82) is 0 Å². The lowest BCUT2D eigenvalue weighted by Gasteiger charge is -2.34. The molecule has 2 heterocycles. The van der Waals surface area contributed by atoms with E-state index in [1.807, 2.05) is 0 Å². The highest BCUT2D eigenvalue weighted by Crippen LogP contribution is 2.32. The zero-order valence-electron chi connectivity index (χ0n) is 15.0. The van der Waals surface area contributed by atoms with Crippen LogP contribution in [0.3, 0.4) is 0 Å². The van der Waals surface area contributed by atoms with Crippen LogP contribution in [0.5, 0.6) is 0 Å². The summed E-state index contributed by atoms with van der Waals surface area (Å²) in [6.45, 7) is 6.93. The molecule has 5 nitrogen and oxygen atoms in total. The third-order valence-corrected chi connectivity index (χ3v) is 6.06. The van der Waals surface area contributed by atoms with Gasteiger partial charge >= 0.3 is 0 Å². The monoisotopic (exact) mass is 350 g/mol. The van der Waals surface area contributed by atoms with Crippen molar-refractivity contribution in [2.24, 2.45) is 11.8 Å². The van der Waals surface area contributed by atoms with Crippen molar-refractivity contribution in [1.82, 2.24) is 19.7 Å². The van der Waals surface area contributed by atoms with E-state index >= 15 is 0 Å². The van der Waals surface area contributed by atoms with E-state index in [0.29, 0.717) is 22.5 Å². The van der Waals surface area contributed by atoms with Crippen LogP contribution in [0.2, 0.25) is 0 Å². The third kappa shape index (κ3) is 3.90. The molecule has 3 rings (SSSR count). The maximum atomic E-state index is 12.8. The van der Waals surface area contributed by atoms with Crippen LogP contribution < -0.4 is 0 Å². The molecule has 0 unspecified atom stereocenters. The molecule has 24 heavy (non-hydrogen) atoms. The number of amides is 1. The smallest absolute Gasteiger partial charge is 0.222 e. The van der Waals surface area contributed by atoms with Crippen LogP contribution in [0.15, 0.2) is 0 Å². The quantitative estimate of drug-likeness (QED) is 0.838. The highest BCUT2D eigenvalue weighted by Gasteiger charge is 2.30. The Morgan fingerprint density at radius 2 is 2.17 bits per heavy atom. The summed E-state index contributed by atoms with van der Waals surface area (Å²) in [6.07, 6.45) is 7.94. The molecular formula is C18H30N4OS. The second-order valence-corrected chi connectivity index (χ2v) is 8.04. The molecule has 0 aromatic carbocycles. The Morgan fingerprint density at radius 1 is 1.33 bits per heavy atom. The predicted octanol–water partition coefficient (Wildman–Crippen LogP) is 3.88. The summed E-state index contributed by atoms with van der Waals surface area (Å²) >= 11 is 5.31. The second-order valence-electron chi connectivity index (χ2n) is 7.65. The zero-order chi connectivity index (χ0) is 17.1. The Morgan fingerprint density at radius 3 is 2.92 bits per heavy atom. The van der Waals surface area contributed by atoms with Gasteiger partial charge < -0.3 is 9.47 Å². The summed E-state index contributed by atoms with van der Waals surface area (Å²) in [5.74, 6) is 3.04. The van der Waals surface area contributed by atoms with Gasteiger partial charge in [0.05, 0.1) is 0 Å². The molecule has 1 saturated carbocycles. The number of carbonyl (C=O) groups is 1. The summed E-state index contributed by atoms with van der Waals surface area (Å²) in [7, 11) is 0. The highest BCUT2D eigenvalue weighted by atomic mass is 32.1. The van der Waals surface area contributed by atoms with Crippen LogP contribution in [0.4, 0.5) is 0 Å². The van der Waals surface area contributed by atoms with E-state index in [4.69, 9.17) is 12.2 Å². The van der Waals surface area contributed by atoms with Crippen molar-refractivity contribution in [3.05, 3.63) is 10.6 Å². The van der Waals surface area contributed by atoms with Crippen LogP contribution in [0.25, 0.3) is 0 Å². The van der Waals surface area contributed by atoms with Gasteiger partial charge in [0.1, 0.15) is 5.82 Å². The van der Waals surface area contributed by atoms with Crippen LogP contribution in [-0.4, -0.2) is 38.7 Å². The van der Waals surface area contributed by atoms with E-state index in [1.165, 1.54) is 25.7 Å². The fourth-order valence-electron chi connectivity index (χ4n) is 4.48. The van der Waals surface area contributed by atoms with Gasteiger partial charge in [-0.1, -0.05) is 19.8 Å². The molecular weight excluding hydrogens is 320 g/mol. The minimum absolute atomic E-state index is 0.306. The molecule has 1 aliphatic heterocycles. The zero-order valence-corrected chi connectivity index (χ0v) is 15.8. The fourth-order valence-corrected chi connectivity index (χ4v) is 4.75. The number of piperidine rings is 1. The number of hydrogen-bond acceptors (Lipinski definition) is 3. The van der Waals surface area contributed by atoms with Crippen molar-refractivity contribution in [3.63, 3.8) is 0 Å². The normalized spacial score (nSPS) is 28.1. The molecule has 1 N–H and O–H groups in total. The molecule has 1 aliphatic carbocycles. The summed E-state index contributed by atoms with van der Waals surface area (Å²) in [6, 6.07) is 0. The molecule has 3 atom stereocenters. The Kier molecular flexibility index (Phi) is 5.74. The number of nitrogens with zero attached hydrogens (tertiary/aromatic N) is 3. The lowest BCUT2D eigenvalue weighted by molar-refractivity contribution is -0.133. The lowest BCUT2D eigenvalue weighted by atomic mass is 9.80. The Hall–Kier alpha value is -1.17. The number of carbonyl (C=O) groups excluding carboxylic acids is 1. The number of hydrogen-bond donors (Lipinski definition) is 1. The highest BCUT2D eigenvalue weighted by molar-refractivity contribution is 7.71. The molecule has 6 heteroatoms. The van der Waals surface area contributed by atoms with Crippen LogP contribution in [-0.2, 0) is 11.3 Å². The molecule has 1 aromatic heterocycles. The number of H-pyrrole nitrogens is 1. The SMILES string of the molecule is CCn1c([C@@H]2CCCN(C(=O)C[C@@H]3CCC[C@@H](C)C3)C2)n[nH]c1=S. The predicted molar refractivity (Wildman–Crippen MR) is 97.4 cm³/mol. The molecule has 134 valence electrons. The summed E-state index contributed by atoms with van der Waals surface area (Å²) in [4.78, 5) is 14.9. The minimum atomic E-state index is 0.306. The molecule has 2 aliphatic rings. The van der Waals surface area contributed by atoms with E-state index in [2.05, 4.69) is 33.5 Å². The largest absolute Gasteiger partial charge is 0.342 e. The number of likely N-dealkylation sites (tertiary alicyclic amines) is 1. The topological polar surface area (TPSA) is 53.9 Å². The van der Waals surface area contributed by atoms with E-state index in [0.717, 1.165) is 50.6 Å². The van der Waals surface area contributed by atoms with Gasteiger partial charge in [0.15, 0.2) is 4.77 Å². The maximum absolute atomic E-state index is 12.8. The van der Waals surface area contributed by atoms with Gasteiger partial charge in [-0.3, -0.25) is 9.89 Å². The number of aromatic amines is 1. The number of nitrogens with one attached hydrogen (secondary N) is 1. The van der Waals surface area contributed by atoms with Gasteiger partial charge in [0, 0.05) is 32.0 Å².